The van der Waals surface area contributed by atoms with E-state index in [1.54, 1.807) is 0 Å². The molecule has 2 rings (SSSR count). The van der Waals surface area contributed by atoms with Gasteiger partial charge >= 0.3 is 0 Å². The highest BCUT2D eigenvalue weighted by Gasteiger charge is 2.16. The Morgan fingerprint density at radius 1 is 1.41 bits per heavy atom. The molecule has 1 heterocycles. The quantitative estimate of drug-likeness (QED) is 0.947. The van der Waals surface area contributed by atoms with Gasteiger partial charge in [0.15, 0.2) is 0 Å². The first kappa shape index (κ1) is 12.3. The van der Waals surface area contributed by atoms with Gasteiger partial charge in [-0.3, -0.25) is 0 Å². The van der Waals surface area contributed by atoms with Gasteiger partial charge in [-0.25, -0.2) is 4.68 Å². The molecular weight excluding hydrogens is 280 g/mol. The first-order chi connectivity index (χ1) is 8.13. The molecule has 0 amide bonds. The van der Waals surface area contributed by atoms with Gasteiger partial charge in [-0.2, -0.15) is 0 Å². The third-order valence-corrected chi connectivity index (χ3v) is 3.06. The van der Waals surface area contributed by atoms with Crippen molar-refractivity contribution < 1.29 is 0 Å². The van der Waals surface area contributed by atoms with E-state index in [4.69, 9.17) is 5.73 Å². The van der Waals surface area contributed by atoms with Crippen molar-refractivity contribution in [1.82, 2.24) is 15.0 Å². The molecule has 0 saturated carbocycles. The van der Waals surface area contributed by atoms with E-state index in [1.165, 1.54) is 0 Å². The Hall–Kier alpha value is -1.20. The maximum absolute atomic E-state index is 5.68. The Kier molecular flexibility index (Phi) is 3.59. The van der Waals surface area contributed by atoms with Crippen molar-refractivity contribution in [3.63, 3.8) is 0 Å². The van der Waals surface area contributed by atoms with E-state index >= 15 is 0 Å². The molecule has 2 N–H and O–H groups in total. The summed E-state index contributed by atoms with van der Waals surface area (Å²) in [7, 11) is 0. The first-order valence-corrected chi connectivity index (χ1v) is 6.33. The average molecular weight is 295 g/mol. The van der Waals surface area contributed by atoms with Crippen molar-refractivity contribution in [1.29, 1.82) is 0 Å². The molecule has 0 aliphatic rings. The lowest BCUT2D eigenvalue weighted by Crippen LogP contribution is -2.07. The third kappa shape index (κ3) is 2.40. The number of nitrogens with two attached hydrogens (primary N) is 1. The summed E-state index contributed by atoms with van der Waals surface area (Å²) in [5.41, 5.74) is 8.62. The molecule has 0 unspecified atom stereocenters. The SMILES string of the molecule is CC(C)c1c(CN)nnn1-c1cccc(Br)c1. The van der Waals surface area contributed by atoms with Gasteiger partial charge in [0.2, 0.25) is 0 Å². The second-order valence-corrected chi connectivity index (χ2v) is 5.09. The van der Waals surface area contributed by atoms with Crippen LogP contribution in [0.25, 0.3) is 5.69 Å². The molecule has 1 aromatic carbocycles. The molecule has 1 aromatic heterocycles. The van der Waals surface area contributed by atoms with Gasteiger partial charge in [-0.1, -0.05) is 41.1 Å². The minimum atomic E-state index is 0.336. The van der Waals surface area contributed by atoms with E-state index in [9.17, 15) is 0 Å². The highest BCUT2D eigenvalue weighted by Crippen LogP contribution is 2.22. The van der Waals surface area contributed by atoms with Gasteiger partial charge in [-0.05, 0) is 24.1 Å². The van der Waals surface area contributed by atoms with Crippen LogP contribution >= 0.6 is 15.9 Å². The van der Waals surface area contributed by atoms with Gasteiger partial charge in [0.05, 0.1) is 11.4 Å². The average Bonchev–Trinajstić information content (AvgIpc) is 2.72. The monoisotopic (exact) mass is 294 g/mol. The summed E-state index contributed by atoms with van der Waals surface area (Å²) in [6.07, 6.45) is 0. The molecule has 0 atom stereocenters. The number of benzene rings is 1. The molecule has 4 nitrogen and oxygen atoms in total. The second kappa shape index (κ2) is 4.98. The zero-order valence-corrected chi connectivity index (χ0v) is 11.5. The summed E-state index contributed by atoms with van der Waals surface area (Å²) in [6.45, 7) is 4.65. The van der Waals surface area contributed by atoms with Crippen LogP contribution in [0.1, 0.15) is 31.2 Å². The molecule has 0 bridgehead atoms. The lowest BCUT2D eigenvalue weighted by molar-refractivity contribution is 0.713. The molecule has 0 spiro atoms. The highest BCUT2D eigenvalue weighted by molar-refractivity contribution is 9.10. The smallest absolute Gasteiger partial charge is 0.100 e. The molecule has 0 radical (unpaired) electrons. The topological polar surface area (TPSA) is 56.7 Å². The number of hydrogen-bond donors (Lipinski definition) is 1. The molecule has 17 heavy (non-hydrogen) atoms. The van der Waals surface area contributed by atoms with Gasteiger partial charge in [0.25, 0.3) is 0 Å². The largest absolute Gasteiger partial charge is 0.325 e. The van der Waals surface area contributed by atoms with Crippen LogP contribution in [0, 0.1) is 0 Å². The molecule has 5 heteroatoms. The van der Waals surface area contributed by atoms with E-state index in [1.807, 2.05) is 28.9 Å². The Morgan fingerprint density at radius 3 is 2.76 bits per heavy atom. The number of rotatable bonds is 3. The van der Waals surface area contributed by atoms with Crippen LogP contribution in [0.15, 0.2) is 28.7 Å². The number of hydrogen-bond acceptors (Lipinski definition) is 3. The number of aromatic nitrogens is 3. The summed E-state index contributed by atoms with van der Waals surface area (Å²) in [6, 6.07) is 7.99. The predicted molar refractivity (Wildman–Crippen MR) is 71.0 cm³/mol. The van der Waals surface area contributed by atoms with E-state index < -0.39 is 0 Å². The Balaban J connectivity index is 2.56. The van der Waals surface area contributed by atoms with E-state index in [0.29, 0.717) is 12.5 Å². The lowest BCUT2D eigenvalue weighted by Gasteiger charge is -2.10. The van der Waals surface area contributed by atoms with Gasteiger partial charge in [0, 0.05) is 11.0 Å². The molecule has 0 fully saturated rings. The third-order valence-electron chi connectivity index (χ3n) is 2.57. The summed E-state index contributed by atoms with van der Waals surface area (Å²) in [5.74, 6) is 0.336. The normalized spacial score (nSPS) is 11.1. The van der Waals surface area contributed by atoms with Crippen LogP contribution in [0.2, 0.25) is 0 Å². The lowest BCUT2D eigenvalue weighted by atomic mass is 10.1. The maximum Gasteiger partial charge on any atom is 0.100 e. The maximum atomic E-state index is 5.68. The number of nitrogens with zero attached hydrogens (tertiary/aromatic N) is 3. The number of halogens is 1. The van der Waals surface area contributed by atoms with Crippen LogP contribution in [0.4, 0.5) is 0 Å². The second-order valence-electron chi connectivity index (χ2n) is 4.17. The van der Waals surface area contributed by atoms with Crippen molar-refractivity contribution >= 4 is 15.9 Å². The molecule has 90 valence electrons. The van der Waals surface area contributed by atoms with Crippen LogP contribution < -0.4 is 5.73 Å². The zero-order valence-electron chi connectivity index (χ0n) is 9.89. The van der Waals surface area contributed by atoms with Gasteiger partial charge < -0.3 is 5.73 Å². The Bertz CT molecular complexity index is 519. The van der Waals surface area contributed by atoms with Gasteiger partial charge in [0.1, 0.15) is 5.69 Å². The van der Waals surface area contributed by atoms with Crippen molar-refractivity contribution in [2.75, 3.05) is 0 Å². The fraction of sp³-hybridized carbons (Fsp3) is 0.333. The minimum Gasteiger partial charge on any atom is -0.325 e. The van der Waals surface area contributed by atoms with Crippen LogP contribution in [-0.2, 0) is 6.54 Å². The van der Waals surface area contributed by atoms with Crippen molar-refractivity contribution in [3.8, 4) is 5.69 Å². The van der Waals surface area contributed by atoms with E-state index in [0.717, 1.165) is 21.5 Å². The van der Waals surface area contributed by atoms with Crippen LogP contribution in [-0.4, -0.2) is 15.0 Å². The fourth-order valence-corrected chi connectivity index (χ4v) is 2.23. The Morgan fingerprint density at radius 2 is 2.18 bits per heavy atom. The zero-order chi connectivity index (χ0) is 12.4. The molecule has 0 aliphatic heterocycles. The van der Waals surface area contributed by atoms with Crippen molar-refractivity contribution in [2.24, 2.45) is 5.73 Å². The molecule has 0 saturated heterocycles. The predicted octanol–water partition coefficient (Wildman–Crippen LogP) is 2.61. The Labute approximate surface area is 109 Å². The first-order valence-electron chi connectivity index (χ1n) is 5.54. The summed E-state index contributed by atoms with van der Waals surface area (Å²) in [5, 5.41) is 8.32. The minimum absolute atomic E-state index is 0.336. The van der Waals surface area contributed by atoms with Crippen molar-refractivity contribution in [2.45, 2.75) is 26.3 Å². The van der Waals surface area contributed by atoms with E-state index in [-0.39, 0.29) is 0 Å². The van der Waals surface area contributed by atoms with Crippen LogP contribution in [0.3, 0.4) is 0 Å². The fourth-order valence-electron chi connectivity index (χ4n) is 1.84. The van der Waals surface area contributed by atoms with Gasteiger partial charge in [-0.15, -0.1) is 5.10 Å². The standard InChI is InChI=1S/C12H15BrN4/c1-8(2)12-11(7-14)15-16-17(12)10-5-3-4-9(13)6-10/h3-6,8H,7,14H2,1-2H3. The van der Waals surface area contributed by atoms with Crippen molar-refractivity contribution in [3.05, 3.63) is 40.1 Å². The van der Waals surface area contributed by atoms with Crippen LogP contribution in [0.5, 0.6) is 0 Å². The summed E-state index contributed by atoms with van der Waals surface area (Å²) < 4.78 is 2.88. The highest BCUT2D eigenvalue weighted by atomic mass is 79.9. The molecule has 0 aliphatic carbocycles. The van der Waals surface area contributed by atoms with E-state index in [2.05, 4.69) is 40.1 Å². The molecular formula is C12H15BrN4. The molecule has 2 aromatic rings. The summed E-state index contributed by atoms with van der Waals surface area (Å²) >= 11 is 3.46. The summed E-state index contributed by atoms with van der Waals surface area (Å²) in [4.78, 5) is 0.